The number of rotatable bonds is 5. The lowest BCUT2D eigenvalue weighted by Crippen LogP contribution is -2.39. The van der Waals surface area contributed by atoms with Crippen molar-refractivity contribution in [2.45, 2.75) is 25.3 Å². The minimum Gasteiger partial charge on any atom is -0.349 e. The van der Waals surface area contributed by atoms with E-state index < -0.39 is 0 Å². The van der Waals surface area contributed by atoms with E-state index in [2.05, 4.69) is 10.3 Å². The number of carbonyl (C=O) groups is 1. The summed E-state index contributed by atoms with van der Waals surface area (Å²) < 4.78 is 0. The minimum absolute atomic E-state index is 0. The van der Waals surface area contributed by atoms with E-state index in [1.165, 1.54) is 0 Å². The molecule has 1 aromatic carbocycles. The summed E-state index contributed by atoms with van der Waals surface area (Å²) in [5, 5.41) is 3.10. The second-order valence-electron chi connectivity index (χ2n) is 6.31. The predicted molar refractivity (Wildman–Crippen MR) is 111 cm³/mol. The summed E-state index contributed by atoms with van der Waals surface area (Å²) in [5.74, 6) is 1.13. The van der Waals surface area contributed by atoms with E-state index in [0.29, 0.717) is 18.0 Å². The van der Waals surface area contributed by atoms with Gasteiger partial charge in [-0.15, -0.1) is 24.8 Å². The van der Waals surface area contributed by atoms with Gasteiger partial charge in [-0.1, -0.05) is 24.6 Å². The molecular formula is C19H26Cl2N4O. The molecule has 3 N–H and O–H groups in total. The molecule has 0 bridgehead atoms. The maximum absolute atomic E-state index is 12.4. The summed E-state index contributed by atoms with van der Waals surface area (Å²) in [4.78, 5) is 18.8. The van der Waals surface area contributed by atoms with Crippen molar-refractivity contribution in [1.82, 2.24) is 10.3 Å². The van der Waals surface area contributed by atoms with Crippen LogP contribution in [-0.2, 0) is 0 Å². The number of amides is 1. The SMILES string of the molecule is CN(c1ccccc1)c1ccc(C(=O)NC2CCCC2CN)cn1.Cl.Cl. The largest absolute Gasteiger partial charge is 0.349 e. The predicted octanol–water partition coefficient (Wildman–Crippen LogP) is 3.55. The fraction of sp³-hybridized carbons (Fsp3) is 0.368. The van der Waals surface area contributed by atoms with Gasteiger partial charge in [-0.25, -0.2) is 4.98 Å². The third-order valence-electron chi connectivity index (χ3n) is 4.78. The first-order chi connectivity index (χ1) is 11.7. The van der Waals surface area contributed by atoms with Crippen LogP contribution in [0.5, 0.6) is 0 Å². The molecule has 2 unspecified atom stereocenters. The third kappa shape index (κ3) is 5.10. The number of pyridine rings is 1. The second kappa shape index (κ2) is 10.4. The molecule has 1 saturated carbocycles. The molecule has 2 aromatic rings. The zero-order valence-corrected chi connectivity index (χ0v) is 16.4. The first kappa shape index (κ1) is 22.2. The molecule has 1 aromatic heterocycles. The van der Waals surface area contributed by atoms with Gasteiger partial charge in [0.25, 0.3) is 5.91 Å². The van der Waals surface area contributed by atoms with Crippen molar-refractivity contribution in [2.75, 3.05) is 18.5 Å². The Bertz CT molecular complexity index is 682. The lowest BCUT2D eigenvalue weighted by atomic mass is 10.0. The van der Waals surface area contributed by atoms with E-state index in [4.69, 9.17) is 5.73 Å². The van der Waals surface area contributed by atoms with Crippen molar-refractivity contribution < 1.29 is 4.79 Å². The highest BCUT2D eigenvalue weighted by Crippen LogP contribution is 2.25. The Labute approximate surface area is 167 Å². The van der Waals surface area contributed by atoms with E-state index in [1.807, 2.05) is 54.4 Å². The fourth-order valence-corrected chi connectivity index (χ4v) is 3.26. The standard InChI is InChI=1S/C19H24N4O.2ClH/c1-23(16-7-3-2-4-8-16)18-11-10-15(13-21-18)19(24)22-17-9-5-6-14(17)12-20;;/h2-4,7-8,10-11,13-14,17H,5-6,9,12,20H2,1H3,(H,22,24);2*1H. The smallest absolute Gasteiger partial charge is 0.253 e. The summed E-state index contributed by atoms with van der Waals surface area (Å²) >= 11 is 0. The average Bonchev–Trinajstić information content (AvgIpc) is 3.09. The molecule has 1 aliphatic carbocycles. The molecule has 1 aliphatic rings. The Morgan fingerprint density at radius 2 is 1.92 bits per heavy atom. The molecule has 0 saturated heterocycles. The van der Waals surface area contributed by atoms with E-state index in [9.17, 15) is 4.79 Å². The number of hydrogen-bond acceptors (Lipinski definition) is 4. The lowest BCUT2D eigenvalue weighted by Gasteiger charge is -2.20. The number of aromatic nitrogens is 1. The summed E-state index contributed by atoms with van der Waals surface area (Å²) in [6.07, 6.45) is 4.87. The van der Waals surface area contributed by atoms with Crippen LogP contribution < -0.4 is 16.0 Å². The molecule has 0 radical (unpaired) electrons. The highest BCUT2D eigenvalue weighted by atomic mass is 35.5. The normalized spacial score (nSPS) is 18.4. The van der Waals surface area contributed by atoms with Crippen molar-refractivity contribution in [3.63, 3.8) is 0 Å². The van der Waals surface area contributed by atoms with Gasteiger partial charge in [0, 0.05) is 25.0 Å². The van der Waals surface area contributed by atoms with Crippen LogP contribution in [0.15, 0.2) is 48.7 Å². The molecule has 0 aliphatic heterocycles. The maximum atomic E-state index is 12.4. The number of anilines is 2. The number of halogens is 2. The zero-order chi connectivity index (χ0) is 16.9. The number of benzene rings is 1. The van der Waals surface area contributed by atoms with E-state index in [0.717, 1.165) is 30.8 Å². The first-order valence-electron chi connectivity index (χ1n) is 8.45. The van der Waals surface area contributed by atoms with E-state index >= 15 is 0 Å². The lowest BCUT2D eigenvalue weighted by molar-refractivity contribution is 0.0928. The van der Waals surface area contributed by atoms with E-state index in [1.54, 1.807) is 6.20 Å². The van der Waals surface area contributed by atoms with Crippen LogP contribution in [0.2, 0.25) is 0 Å². The van der Waals surface area contributed by atoms with Gasteiger partial charge in [-0.2, -0.15) is 0 Å². The molecule has 26 heavy (non-hydrogen) atoms. The van der Waals surface area contributed by atoms with Gasteiger partial charge < -0.3 is 16.0 Å². The molecule has 1 heterocycles. The van der Waals surface area contributed by atoms with Gasteiger partial charge >= 0.3 is 0 Å². The van der Waals surface area contributed by atoms with Crippen LogP contribution in [0.3, 0.4) is 0 Å². The van der Waals surface area contributed by atoms with Crippen molar-refractivity contribution in [1.29, 1.82) is 0 Å². The third-order valence-corrected chi connectivity index (χ3v) is 4.78. The number of nitrogens with zero attached hydrogens (tertiary/aromatic N) is 2. The van der Waals surface area contributed by atoms with Crippen molar-refractivity contribution >= 4 is 42.2 Å². The Morgan fingerprint density at radius 1 is 1.19 bits per heavy atom. The highest BCUT2D eigenvalue weighted by molar-refractivity contribution is 5.94. The second-order valence-corrected chi connectivity index (χ2v) is 6.31. The summed E-state index contributed by atoms with van der Waals surface area (Å²) in [5.41, 5.74) is 7.42. The van der Waals surface area contributed by atoms with Crippen molar-refractivity contribution in [2.24, 2.45) is 11.7 Å². The van der Waals surface area contributed by atoms with Crippen LogP contribution in [0, 0.1) is 5.92 Å². The van der Waals surface area contributed by atoms with Crippen molar-refractivity contribution in [3.8, 4) is 0 Å². The van der Waals surface area contributed by atoms with Crippen LogP contribution in [-0.4, -0.2) is 30.5 Å². The fourth-order valence-electron chi connectivity index (χ4n) is 3.26. The quantitative estimate of drug-likeness (QED) is 0.810. The molecule has 1 amide bonds. The van der Waals surface area contributed by atoms with Crippen LogP contribution in [0.25, 0.3) is 0 Å². The number of carbonyl (C=O) groups excluding carboxylic acids is 1. The number of hydrogen-bond donors (Lipinski definition) is 2. The Morgan fingerprint density at radius 3 is 2.54 bits per heavy atom. The molecule has 3 rings (SSSR count). The summed E-state index contributed by atoms with van der Waals surface area (Å²) in [7, 11) is 1.96. The molecule has 2 atom stereocenters. The Hall–Kier alpha value is -1.82. The maximum Gasteiger partial charge on any atom is 0.253 e. The Kier molecular flexibility index (Phi) is 8.85. The molecule has 1 fully saturated rings. The minimum atomic E-state index is -0.0678. The molecule has 7 heteroatoms. The first-order valence-corrected chi connectivity index (χ1v) is 8.45. The number of para-hydroxylation sites is 1. The van der Waals surface area contributed by atoms with Crippen molar-refractivity contribution in [3.05, 3.63) is 54.2 Å². The van der Waals surface area contributed by atoms with Crippen LogP contribution >= 0.6 is 24.8 Å². The average molecular weight is 397 g/mol. The molecular weight excluding hydrogens is 371 g/mol. The van der Waals surface area contributed by atoms with Gasteiger partial charge in [0.05, 0.1) is 5.56 Å². The Balaban J connectivity index is 0.00000169. The number of nitrogens with one attached hydrogen (secondary N) is 1. The van der Waals surface area contributed by atoms with E-state index in [-0.39, 0.29) is 36.8 Å². The highest BCUT2D eigenvalue weighted by Gasteiger charge is 2.27. The summed E-state index contributed by atoms with van der Waals surface area (Å²) in [6.45, 7) is 0.629. The molecule has 5 nitrogen and oxygen atoms in total. The summed E-state index contributed by atoms with van der Waals surface area (Å²) in [6, 6.07) is 13.9. The van der Waals surface area contributed by atoms with Gasteiger partial charge in [0.1, 0.15) is 5.82 Å². The molecule has 0 spiro atoms. The van der Waals surface area contributed by atoms with Crippen LogP contribution in [0.1, 0.15) is 29.6 Å². The monoisotopic (exact) mass is 396 g/mol. The topological polar surface area (TPSA) is 71.2 Å². The zero-order valence-electron chi connectivity index (χ0n) is 14.8. The van der Waals surface area contributed by atoms with Gasteiger partial charge in [0.15, 0.2) is 0 Å². The van der Waals surface area contributed by atoms with Gasteiger partial charge in [0.2, 0.25) is 0 Å². The van der Waals surface area contributed by atoms with Crippen LogP contribution in [0.4, 0.5) is 11.5 Å². The molecule has 142 valence electrons. The van der Waals surface area contributed by atoms with Gasteiger partial charge in [-0.3, -0.25) is 4.79 Å². The van der Waals surface area contributed by atoms with Gasteiger partial charge in [-0.05, 0) is 49.6 Å². The number of nitrogens with two attached hydrogens (primary N) is 1.